The summed E-state index contributed by atoms with van der Waals surface area (Å²) in [5, 5.41) is 0.613. The molecule has 6 heteroatoms. The summed E-state index contributed by atoms with van der Waals surface area (Å²) in [6, 6.07) is 12.2. The molecule has 3 rings (SSSR count). The van der Waals surface area contributed by atoms with E-state index >= 15 is 0 Å². The van der Waals surface area contributed by atoms with Gasteiger partial charge in [-0.3, -0.25) is 0 Å². The Hall–Kier alpha value is -2.79. The van der Waals surface area contributed by atoms with E-state index < -0.39 is 5.63 Å². The lowest BCUT2D eigenvalue weighted by atomic mass is 10.2. The second kappa shape index (κ2) is 6.76. The number of hydrogen-bond donors (Lipinski definition) is 0. The minimum Gasteiger partial charge on any atom is -0.497 e. The van der Waals surface area contributed by atoms with Gasteiger partial charge in [-0.05, 0) is 35.9 Å². The van der Waals surface area contributed by atoms with Crippen molar-refractivity contribution in [2.24, 2.45) is 0 Å². The number of aromatic nitrogens is 1. The van der Waals surface area contributed by atoms with Gasteiger partial charge in [0, 0.05) is 6.07 Å². The number of rotatable bonds is 4. The Labute approximate surface area is 143 Å². The zero-order valence-electron chi connectivity index (χ0n) is 13.1. The third-order valence-electron chi connectivity index (χ3n) is 3.41. The van der Waals surface area contributed by atoms with Gasteiger partial charge in [0.15, 0.2) is 0 Å². The molecule has 0 aliphatic heterocycles. The first kappa shape index (κ1) is 16.1. The number of ether oxygens (including phenoxy) is 2. The maximum absolute atomic E-state index is 12.0. The molecular weight excluding hydrogens is 330 g/mol. The molecule has 5 nitrogen and oxygen atoms in total. The Morgan fingerprint density at radius 3 is 2.46 bits per heavy atom. The van der Waals surface area contributed by atoms with E-state index in [1.54, 1.807) is 62.8 Å². The third kappa shape index (κ3) is 3.26. The third-order valence-corrected chi connectivity index (χ3v) is 3.68. The summed E-state index contributed by atoms with van der Waals surface area (Å²) < 4.78 is 15.6. The molecule has 122 valence electrons. The van der Waals surface area contributed by atoms with E-state index in [0.717, 1.165) is 5.56 Å². The molecule has 0 spiro atoms. The van der Waals surface area contributed by atoms with Crippen molar-refractivity contribution in [3.05, 3.63) is 64.3 Å². The summed E-state index contributed by atoms with van der Waals surface area (Å²) in [5.41, 5.74) is 0.776. The molecule has 3 aromatic rings. The fraction of sp³-hybridized carbons (Fsp3) is 0.111. The van der Waals surface area contributed by atoms with Crippen LogP contribution in [0.3, 0.4) is 0 Å². The molecule has 0 saturated carbocycles. The smallest absolute Gasteiger partial charge is 0.347 e. The standard InChI is InChI=1S/C18H14ClNO4/c1-22-12-7-11(8-13(10-12)23-2)9-15(19)17-20-16-6-4-3-5-14(16)18(21)24-17/h3-10H,1-2H3/b15-9-. The predicted molar refractivity (Wildman–Crippen MR) is 93.5 cm³/mol. The van der Waals surface area contributed by atoms with Crippen LogP contribution < -0.4 is 15.1 Å². The highest BCUT2D eigenvalue weighted by molar-refractivity contribution is 6.50. The first-order valence-electron chi connectivity index (χ1n) is 7.11. The predicted octanol–water partition coefficient (Wildman–Crippen LogP) is 3.94. The number of fused-ring (bicyclic) bond motifs is 1. The fourth-order valence-corrected chi connectivity index (χ4v) is 2.45. The van der Waals surface area contributed by atoms with E-state index in [2.05, 4.69) is 4.98 Å². The summed E-state index contributed by atoms with van der Waals surface area (Å²) in [5.74, 6) is 1.30. The molecule has 0 aliphatic carbocycles. The molecule has 24 heavy (non-hydrogen) atoms. The zero-order chi connectivity index (χ0) is 17.1. The molecule has 1 aromatic heterocycles. The van der Waals surface area contributed by atoms with Crippen molar-refractivity contribution in [1.29, 1.82) is 0 Å². The van der Waals surface area contributed by atoms with Crippen LogP contribution in [0.1, 0.15) is 11.5 Å². The first-order chi connectivity index (χ1) is 11.6. The summed E-state index contributed by atoms with van der Waals surface area (Å²) in [4.78, 5) is 16.3. The van der Waals surface area contributed by atoms with Crippen molar-refractivity contribution in [3.63, 3.8) is 0 Å². The highest BCUT2D eigenvalue weighted by atomic mass is 35.5. The Balaban J connectivity index is 2.07. The van der Waals surface area contributed by atoms with Crippen LogP contribution in [0.15, 0.2) is 51.7 Å². The summed E-state index contributed by atoms with van der Waals surface area (Å²) in [6.45, 7) is 0. The van der Waals surface area contributed by atoms with Crippen LogP contribution in [0.5, 0.6) is 11.5 Å². The number of halogens is 1. The maximum Gasteiger partial charge on any atom is 0.347 e. The van der Waals surface area contributed by atoms with Crippen LogP contribution in [0.2, 0.25) is 0 Å². The Bertz CT molecular complexity index is 956. The zero-order valence-corrected chi connectivity index (χ0v) is 13.8. The molecule has 0 radical (unpaired) electrons. The molecule has 0 saturated heterocycles. The first-order valence-corrected chi connectivity index (χ1v) is 7.49. The largest absolute Gasteiger partial charge is 0.497 e. The minimum atomic E-state index is -0.481. The molecule has 1 heterocycles. The molecule has 0 bridgehead atoms. The lowest BCUT2D eigenvalue weighted by Gasteiger charge is -2.06. The van der Waals surface area contributed by atoms with Gasteiger partial charge in [-0.25, -0.2) is 9.78 Å². The number of hydrogen-bond acceptors (Lipinski definition) is 5. The number of para-hydroxylation sites is 1. The van der Waals surface area contributed by atoms with Gasteiger partial charge in [0.2, 0.25) is 5.89 Å². The molecular formula is C18H14ClNO4. The van der Waals surface area contributed by atoms with Gasteiger partial charge in [-0.15, -0.1) is 0 Å². The molecule has 0 atom stereocenters. The number of nitrogens with zero attached hydrogens (tertiary/aromatic N) is 1. The van der Waals surface area contributed by atoms with Crippen molar-refractivity contribution >= 4 is 33.6 Å². The average Bonchev–Trinajstić information content (AvgIpc) is 2.61. The van der Waals surface area contributed by atoms with Gasteiger partial charge in [-0.1, -0.05) is 23.7 Å². The van der Waals surface area contributed by atoms with Crippen molar-refractivity contribution in [1.82, 2.24) is 4.98 Å². The van der Waals surface area contributed by atoms with E-state index in [0.29, 0.717) is 22.4 Å². The van der Waals surface area contributed by atoms with Gasteiger partial charge in [0.25, 0.3) is 0 Å². The second-order valence-corrected chi connectivity index (χ2v) is 5.37. The van der Waals surface area contributed by atoms with Gasteiger partial charge in [-0.2, -0.15) is 0 Å². The maximum atomic E-state index is 12.0. The van der Waals surface area contributed by atoms with Crippen LogP contribution in [-0.4, -0.2) is 19.2 Å². The van der Waals surface area contributed by atoms with Crippen molar-refractivity contribution in [2.75, 3.05) is 14.2 Å². The average molecular weight is 344 g/mol. The van der Waals surface area contributed by atoms with E-state index in [1.807, 2.05) is 0 Å². The van der Waals surface area contributed by atoms with E-state index in [-0.39, 0.29) is 10.9 Å². The molecule has 0 amide bonds. The van der Waals surface area contributed by atoms with Crippen molar-refractivity contribution < 1.29 is 13.9 Å². The molecule has 0 aliphatic rings. The highest BCUT2D eigenvalue weighted by Gasteiger charge is 2.10. The van der Waals surface area contributed by atoms with Gasteiger partial charge < -0.3 is 13.9 Å². The molecule has 2 aromatic carbocycles. The lowest BCUT2D eigenvalue weighted by molar-refractivity contribution is 0.394. The van der Waals surface area contributed by atoms with Crippen LogP contribution in [0.4, 0.5) is 0 Å². The van der Waals surface area contributed by atoms with Crippen LogP contribution in [0, 0.1) is 0 Å². The fourth-order valence-electron chi connectivity index (χ4n) is 2.24. The highest BCUT2D eigenvalue weighted by Crippen LogP contribution is 2.27. The van der Waals surface area contributed by atoms with Crippen LogP contribution in [-0.2, 0) is 0 Å². The van der Waals surface area contributed by atoms with E-state index in [4.69, 9.17) is 25.5 Å². The molecule has 0 N–H and O–H groups in total. The topological polar surface area (TPSA) is 61.6 Å². The Morgan fingerprint density at radius 1 is 1.12 bits per heavy atom. The van der Waals surface area contributed by atoms with E-state index in [1.165, 1.54) is 0 Å². The van der Waals surface area contributed by atoms with Gasteiger partial charge >= 0.3 is 5.63 Å². The van der Waals surface area contributed by atoms with Gasteiger partial charge in [0.1, 0.15) is 16.5 Å². The SMILES string of the molecule is COc1cc(/C=C(\Cl)c2nc3ccccc3c(=O)o2)cc(OC)c1. The van der Waals surface area contributed by atoms with Crippen LogP contribution >= 0.6 is 11.6 Å². The monoisotopic (exact) mass is 343 g/mol. The normalized spacial score (nSPS) is 11.5. The summed E-state index contributed by atoms with van der Waals surface area (Å²) in [7, 11) is 3.13. The minimum absolute atomic E-state index is 0.0575. The quantitative estimate of drug-likeness (QED) is 0.718. The summed E-state index contributed by atoms with van der Waals surface area (Å²) >= 11 is 6.29. The second-order valence-electron chi connectivity index (χ2n) is 4.96. The van der Waals surface area contributed by atoms with Crippen molar-refractivity contribution in [3.8, 4) is 11.5 Å². The molecule has 0 fully saturated rings. The van der Waals surface area contributed by atoms with Crippen molar-refractivity contribution in [2.45, 2.75) is 0 Å². The summed E-state index contributed by atoms with van der Waals surface area (Å²) in [6.07, 6.45) is 1.63. The van der Waals surface area contributed by atoms with Crippen LogP contribution in [0.25, 0.3) is 22.0 Å². The lowest BCUT2D eigenvalue weighted by Crippen LogP contribution is -2.03. The number of benzene rings is 2. The number of methoxy groups -OCH3 is 2. The van der Waals surface area contributed by atoms with E-state index in [9.17, 15) is 4.79 Å². The van der Waals surface area contributed by atoms with Gasteiger partial charge in [0.05, 0.1) is 25.1 Å². The Morgan fingerprint density at radius 2 is 1.79 bits per heavy atom. The Kier molecular flexibility index (Phi) is 4.53. The molecule has 0 unspecified atom stereocenters.